The highest BCUT2D eigenvalue weighted by atomic mass is 28.4. The monoisotopic (exact) mass is 388 g/mol. The molecule has 0 spiro atoms. The number of esters is 1. The van der Waals surface area contributed by atoms with E-state index < -0.39 is 16.6 Å². The molecule has 0 aliphatic heterocycles. The van der Waals surface area contributed by atoms with Crippen molar-refractivity contribution < 1.29 is 18.4 Å². The molecule has 4 nitrogen and oxygen atoms in total. The Kier molecular flexibility index (Phi) is 8.35. The van der Waals surface area contributed by atoms with Crippen molar-refractivity contribution in [3.63, 3.8) is 0 Å². The lowest BCUT2D eigenvalue weighted by Gasteiger charge is -2.38. The van der Waals surface area contributed by atoms with E-state index in [1.807, 2.05) is 0 Å². The van der Waals surface area contributed by atoms with E-state index in [0.29, 0.717) is 18.8 Å². The van der Waals surface area contributed by atoms with Crippen LogP contribution in [-0.2, 0) is 18.4 Å². The van der Waals surface area contributed by atoms with Gasteiger partial charge in [0.2, 0.25) is 0 Å². The molecule has 0 bridgehead atoms. The van der Waals surface area contributed by atoms with Crippen molar-refractivity contribution in [3.05, 3.63) is 11.1 Å². The Labute approximate surface area is 157 Å². The van der Waals surface area contributed by atoms with Gasteiger partial charge in [-0.05, 0) is 48.8 Å². The molecule has 0 rings (SSSR count). The van der Waals surface area contributed by atoms with Gasteiger partial charge in [-0.3, -0.25) is 0 Å². The smallest absolute Gasteiger partial charge is 0.333 e. The lowest BCUT2D eigenvalue weighted by atomic mass is 10.1. The van der Waals surface area contributed by atoms with Crippen LogP contribution in [0.3, 0.4) is 0 Å². The quantitative estimate of drug-likeness (QED) is 0.327. The minimum atomic E-state index is -1.90. The predicted octanol–water partition coefficient (Wildman–Crippen LogP) is 5.52. The van der Waals surface area contributed by atoms with Gasteiger partial charge in [-0.1, -0.05) is 41.5 Å². The number of rotatable bonds is 7. The Hall–Kier alpha value is -0.436. The zero-order valence-electron chi connectivity index (χ0n) is 18.5. The molecule has 0 aromatic heterocycles. The summed E-state index contributed by atoms with van der Waals surface area (Å²) in [4.78, 5) is 12.0. The summed E-state index contributed by atoms with van der Waals surface area (Å²) in [6.45, 7) is 24.8. The summed E-state index contributed by atoms with van der Waals surface area (Å²) >= 11 is 0. The van der Waals surface area contributed by atoms with Gasteiger partial charge >= 0.3 is 5.97 Å². The number of methoxy groups -OCH3 is 1. The summed E-state index contributed by atoms with van der Waals surface area (Å²) in [7, 11) is -2.39. The molecule has 0 N–H and O–H groups in total. The Morgan fingerprint density at radius 1 is 0.800 bits per heavy atom. The summed E-state index contributed by atoms with van der Waals surface area (Å²) in [6, 6.07) is 0. The molecule has 25 heavy (non-hydrogen) atoms. The van der Waals surface area contributed by atoms with E-state index in [1.165, 1.54) is 7.11 Å². The number of ether oxygens (including phenoxy) is 1. The van der Waals surface area contributed by atoms with Gasteiger partial charge in [-0.25, -0.2) is 4.79 Å². The number of hydrogen-bond acceptors (Lipinski definition) is 4. The second-order valence-electron chi connectivity index (χ2n) is 9.82. The summed E-state index contributed by atoms with van der Waals surface area (Å²) < 4.78 is 17.6. The average molecular weight is 389 g/mol. The maximum absolute atomic E-state index is 12.0. The first-order valence-corrected chi connectivity index (χ1v) is 14.8. The SMILES string of the molecule is COC(=O)C(C)=C(CO[Si](C)(C)C(C)(C)C)CO[Si](C)(C)C(C)(C)C. The largest absolute Gasteiger partial charge is 0.466 e. The number of carbonyl (C=O) groups is 1. The van der Waals surface area contributed by atoms with E-state index in [-0.39, 0.29) is 16.0 Å². The van der Waals surface area contributed by atoms with Gasteiger partial charge in [-0.2, -0.15) is 0 Å². The van der Waals surface area contributed by atoms with Crippen LogP contribution >= 0.6 is 0 Å². The Balaban J connectivity index is 5.40. The van der Waals surface area contributed by atoms with Crippen LogP contribution in [0.15, 0.2) is 11.1 Å². The van der Waals surface area contributed by atoms with Crippen molar-refractivity contribution in [1.29, 1.82) is 0 Å². The molecular formula is C19H40O4Si2. The van der Waals surface area contributed by atoms with Crippen molar-refractivity contribution >= 4 is 22.6 Å². The molecule has 0 radical (unpaired) electrons. The van der Waals surface area contributed by atoms with Crippen molar-refractivity contribution in [2.24, 2.45) is 0 Å². The highest BCUT2D eigenvalue weighted by molar-refractivity contribution is 6.74. The van der Waals surface area contributed by atoms with Gasteiger partial charge in [-0.15, -0.1) is 0 Å². The van der Waals surface area contributed by atoms with Crippen molar-refractivity contribution in [2.75, 3.05) is 20.3 Å². The second kappa shape index (κ2) is 8.50. The van der Waals surface area contributed by atoms with E-state index in [1.54, 1.807) is 6.92 Å². The minimum absolute atomic E-state index is 0.123. The van der Waals surface area contributed by atoms with Crippen LogP contribution in [0, 0.1) is 0 Å². The van der Waals surface area contributed by atoms with Gasteiger partial charge in [0.25, 0.3) is 0 Å². The highest BCUT2D eigenvalue weighted by Gasteiger charge is 2.39. The fourth-order valence-electron chi connectivity index (χ4n) is 1.52. The second-order valence-corrected chi connectivity index (χ2v) is 19.4. The third kappa shape index (κ3) is 7.00. The third-order valence-corrected chi connectivity index (χ3v) is 14.8. The topological polar surface area (TPSA) is 44.8 Å². The average Bonchev–Trinajstić information content (AvgIpc) is 2.43. The minimum Gasteiger partial charge on any atom is -0.466 e. The first-order chi connectivity index (χ1) is 11.0. The van der Waals surface area contributed by atoms with Crippen LogP contribution in [-0.4, -0.2) is 42.9 Å². The van der Waals surface area contributed by atoms with Gasteiger partial charge in [0, 0.05) is 5.57 Å². The molecule has 0 atom stereocenters. The summed E-state index contributed by atoms with van der Waals surface area (Å²) in [5.74, 6) is -0.312. The first-order valence-electron chi connectivity index (χ1n) is 9.01. The van der Waals surface area contributed by atoms with E-state index >= 15 is 0 Å². The van der Waals surface area contributed by atoms with E-state index in [0.717, 1.165) is 5.57 Å². The third-order valence-electron chi connectivity index (χ3n) is 5.85. The van der Waals surface area contributed by atoms with Crippen molar-refractivity contribution in [1.82, 2.24) is 0 Å². The summed E-state index contributed by atoms with van der Waals surface area (Å²) in [5, 5.41) is 0.245. The molecular weight excluding hydrogens is 348 g/mol. The predicted molar refractivity (Wildman–Crippen MR) is 111 cm³/mol. The van der Waals surface area contributed by atoms with Gasteiger partial charge in [0.05, 0.1) is 20.3 Å². The molecule has 0 saturated carbocycles. The van der Waals surface area contributed by atoms with Crippen LogP contribution in [0.2, 0.25) is 36.3 Å². The molecule has 0 heterocycles. The molecule has 148 valence electrons. The van der Waals surface area contributed by atoms with Crippen molar-refractivity contribution in [2.45, 2.75) is 84.7 Å². The molecule has 0 fully saturated rings. The van der Waals surface area contributed by atoms with Crippen LogP contribution in [0.4, 0.5) is 0 Å². The Morgan fingerprint density at radius 2 is 1.12 bits per heavy atom. The van der Waals surface area contributed by atoms with E-state index in [2.05, 4.69) is 67.7 Å². The fourth-order valence-corrected chi connectivity index (χ4v) is 3.46. The molecule has 0 aromatic rings. The Bertz CT molecular complexity index is 463. The summed E-state index contributed by atoms with van der Waals surface area (Å²) in [6.07, 6.45) is 0. The summed E-state index contributed by atoms with van der Waals surface area (Å²) in [5.41, 5.74) is 1.49. The van der Waals surface area contributed by atoms with Crippen LogP contribution in [0.1, 0.15) is 48.5 Å². The lowest BCUT2D eigenvalue weighted by Crippen LogP contribution is -2.43. The molecule has 0 saturated heterocycles. The Morgan fingerprint density at radius 3 is 1.36 bits per heavy atom. The maximum atomic E-state index is 12.0. The van der Waals surface area contributed by atoms with Gasteiger partial charge in [0.1, 0.15) is 0 Å². The first kappa shape index (κ1) is 24.6. The molecule has 0 aromatic carbocycles. The molecule has 0 amide bonds. The normalized spacial score (nSPS) is 13.6. The highest BCUT2D eigenvalue weighted by Crippen LogP contribution is 2.38. The molecule has 0 unspecified atom stereocenters. The number of carbonyl (C=O) groups excluding carboxylic acids is 1. The standard InChI is InChI=1S/C19H40O4Si2/c1-15(17(20)21-8)16(13-22-24(9,10)18(2,3)4)14-23-25(11,12)19(5,6)7/h13-14H2,1-12H3. The van der Waals surface area contributed by atoms with E-state index in [9.17, 15) is 4.79 Å². The van der Waals surface area contributed by atoms with Gasteiger partial charge in [0.15, 0.2) is 16.6 Å². The van der Waals surface area contributed by atoms with Crippen LogP contribution < -0.4 is 0 Å². The lowest BCUT2D eigenvalue weighted by molar-refractivity contribution is -0.136. The van der Waals surface area contributed by atoms with Crippen LogP contribution in [0.5, 0.6) is 0 Å². The van der Waals surface area contributed by atoms with Crippen LogP contribution in [0.25, 0.3) is 0 Å². The molecule has 6 heteroatoms. The zero-order chi connectivity index (χ0) is 20.3. The zero-order valence-corrected chi connectivity index (χ0v) is 20.5. The fraction of sp³-hybridized carbons (Fsp3) is 0.842. The maximum Gasteiger partial charge on any atom is 0.333 e. The number of hydrogen-bond donors (Lipinski definition) is 0. The van der Waals surface area contributed by atoms with Gasteiger partial charge < -0.3 is 13.6 Å². The molecule has 0 aliphatic rings. The van der Waals surface area contributed by atoms with E-state index in [4.69, 9.17) is 13.6 Å². The van der Waals surface area contributed by atoms with Crippen molar-refractivity contribution in [3.8, 4) is 0 Å². The molecule has 0 aliphatic carbocycles.